The van der Waals surface area contributed by atoms with E-state index in [1.165, 1.54) is 5.56 Å². The molecule has 0 spiro atoms. The molecule has 0 aromatic heterocycles. The van der Waals surface area contributed by atoms with Crippen molar-refractivity contribution < 1.29 is 8.42 Å². The van der Waals surface area contributed by atoms with E-state index in [0.717, 1.165) is 12.0 Å². The Labute approximate surface area is 128 Å². The van der Waals surface area contributed by atoms with Gasteiger partial charge in [0.05, 0.1) is 5.75 Å². The van der Waals surface area contributed by atoms with Crippen molar-refractivity contribution in [1.29, 1.82) is 0 Å². The Morgan fingerprint density at radius 3 is 2.35 bits per heavy atom. The molecule has 0 heterocycles. The van der Waals surface area contributed by atoms with E-state index in [-0.39, 0.29) is 11.7 Å². The van der Waals surface area contributed by atoms with Crippen LogP contribution in [-0.4, -0.2) is 30.9 Å². The smallest absolute Gasteiger partial charge is 0.212 e. The fraction of sp³-hybridized carbons (Fsp3) is 0.600. The third-order valence-electron chi connectivity index (χ3n) is 3.10. The van der Waals surface area contributed by atoms with Crippen LogP contribution >= 0.6 is 11.6 Å². The Hall–Kier alpha value is -0.580. The Morgan fingerprint density at radius 1 is 1.25 bits per heavy atom. The van der Waals surface area contributed by atoms with Crippen LogP contribution in [0.25, 0.3) is 0 Å². The van der Waals surface area contributed by atoms with Crippen LogP contribution in [0.15, 0.2) is 24.3 Å². The molecule has 1 rings (SSSR count). The van der Waals surface area contributed by atoms with E-state index in [1.54, 1.807) is 4.31 Å². The Morgan fingerprint density at radius 2 is 1.85 bits per heavy atom. The third kappa shape index (κ3) is 5.43. The van der Waals surface area contributed by atoms with Gasteiger partial charge in [-0.05, 0) is 24.8 Å². The number of nitrogens with zero attached hydrogens (tertiary/aromatic N) is 1. The molecule has 0 saturated carbocycles. The number of hydrogen-bond donors (Lipinski definition) is 0. The number of hydrogen-bond acceptors (Lipinski definition) is 2. The Kier molecular flexibility index (Phi) is 7.00. The lowest BCUT2D eigenvalue weighted by molar-refractivity contribution is 0.402. The van der Waals surface area contributed by atoms with Crippen molar-refractivity contribution in [3.05, 3.63) is 35.4 Å². The summed E-state index contributed by atoms with van der Waals surface area (Å²) in [5.41, 5.74) is 2.19. The average molecular weight is 318 g/mol. The summed E-state index contributed by atoms with van der Waals surface area (Å²) in [5.74, 6) is 0.450. The number of aryl methyl sites for hydroxylation is 1. The molecule has 1 aromatic carbocycles. The summed E-state index contributed by atoms with van der Waals surface area (Å²) >= 11 is 5.73. The van der Waals surface area contributed by atoms with E-state index in [0.29, 0.717) is 19.0 Å². The van der Waals surface area contributed by atoms with Crippen molar-refractivity contribution in [2.24, 2.45) is 5.92 Å². The molecular weight excluding hydrogens is 294 g/mol. The molecule has 20 heavy (non-hydrogen) atoms. The molecule has 0 bridgehead atoms. The molecule has 0 aliphatic heterocycles. The molecule has 0 amide bonds. The molecule has 3 nitrogen and oxygen atoms in total. The summed E-state index contributed by atoms with van der Waals surface area (Å²) in [6, 6.07) is 7.98. The molecule has 0 saturated heterocycles. The maximum Gasteiger partial charge on any atom is 0.214 e. The summed E-state index contributed by atoms with van der Waals surface area (Å²) in [7, 11) is -3.26. The number of benzene rings is 1. The van der Waals surface area contributed by atoms with Crippen LogP contribution in [0.3, 0.4) is 0 Å². The van der Waals surface area contributed by atoms with E-state index >= 15 is 0 Å². The van der Waals surface area contributed by atoms with Crippen molar-refractivity contribution in [2.75, 3.05) is 18.2 Å². The van der Waals surface area contributed by atoms with Crippen LogP contribution in [0.5, 0.6) is 0 Å². The van der Waals surface area contributed by atoms with Crippen LogP contribution in [0.2, 0.25) is 0 Å². The van der Waals surface area contributed by atoms with Gasteiger partial charge in [-0.25, -0.2) is 8.42 Å². The molecule has 0 radical (unpaired) electrons. The quantitative estimate of drug-likeness (QED) is 0.689. The lowest BCUT2D eigenvalue weighted by Crippen LogP contribution is -2.35. The lowest BCUT2D eigenvalue weighted by atomic mass is 10.1. The van der Waals surface area contributed by atoms with Crippen molar-refractivity contribution in [2.45, 2.75) is 33.7 Å². The number of rotatable bonds is 8. The summed E-state index contributed by atoms with van der Waals surface area (Å²) in [4.78, 5) is 0. The average Bonchev–Trinajstić information content (AvgIpc) is 2.40. The maximum absolute atomic E-state index is 12.4. The number of halogens is 1. The second-order valence-electron chi connectivity index (χ2n) is 5.36. The van der Waals surface area contributed by atoms with Crippen molar-refractivity contribution in [1.82, 2.24) is 4.31 Å². The topological polar surface area (TPSA) is 37.4 Å². The SMILES string of the molecule is CCCN(Cc1ccc(C)cc1)S(=O)(=O)CC(C)CCl. The molecule has 114 valence electrons. The van der Waals surface area contributed by atoms with Gasteiger partial charge in [-0.2, -0.15) is 4.31 Å². The highest BCUT2D eigenvalue weighted by Crippen LogP contribution is 2.14. The first kappa shape index (κ1) is 17.5. The maximum atomic E-state index is 12.4. The first-order chi connectivity index (χ1) is 9.39. The minimum Gasteiger partial charge on any atom is -0.212 e. The zero-order valence-electron chi connectivity index (χ0n) is 12.5. The van der Waals surface area contributed by atoms with Gasteiger partial charge < -0.3 is 0 Å². The molecule has 0 N–H and O–H groups in total. The summed E-state index contributed by atoms with van der Waals surface area (Å²) < 4.78 is 26.4. The van der Waals surface area contributed by atoms with Gasteiger partial charge in [-0.1, -0.05) is 43.7 Å². The van der Waals surface area contributed by atoms with E-state index in [9.17, 15) is 8.42 Å². The standard InChI is InChI=1S/C15H24ClNO2S/c1-4-9-17(20(18,19)12-14(3)10-16)11-15-7-5-13(2)6-8-15/h5-8,14H,4,9-12H2,1-3H3. The summed E-state index contributed by atoms with van der Waals surface area (Å²) in [6.07, 6.45) is 0.806. The highest BCUT2D eigenvalue weighted by Gasteiger charge is 2.23. The normalized spacial score (nSPS) is 13.7. The van der Waals surface area contributed by atoms with Crippen LogP contribution in [0.4, 0.5) is 0 Å². The molecule has 1 unspecified atom stereocenters. The van der Waals surface area contributed by atoms with Crippen molar-refractivity contribution in [3.8, 4) is 0 Å². The largest absolute Gasteiger partial charge is 0.214 e. The molecule has 0 aliphatic carbocycles. The molecule has 0 aliphatic rings. The first-order valence-corrected chi connectivity index (χ1v) is 9.12. The van der Waals surface area contributed by atoms with Gasteiger partial charge in [0.2, 0.25) is 10.0 Å². The zero-order valence-corrected chi connectivity index (χ0v) is 14.0. The summed E-state index contributed by atoms with van der Waals surface area (Å²) in [6.45, 7) is 6.85. The Bertz CT molecular complexity index is 499. The van der Waals surface area contributed by atoms with Gasteiger partial charge in [0.25, 0.3) is 0 Å². The van der Waals surface area contributed by atoms with E-state index in [2.05, 4.69) is 0 Å². The lowest BCUT2D eigenvalue weighted by Gasteiger charge is -2.23. The van der Waals surface area contributed by atoms with Crippen LogP contribution in [0.1, 0.15) is 31.4 Å². The van der Waals surface area contributed by atoms with Gasteiger partial charge in [-0.3, -0.25) is 0 Å². The fourth-order valence-electron chi connectivity index (χ4n) is 1.97. The van der Waals surface area contributed by atoms with E-state index in [4.69, 9.17) is 11.6 Å². The first-order valence-electron chi connectivity index (χ1n) is 6.98. The van der Waals surface area contributed by atoms with Gasteiger partial charge in [0, 0.05) is 19.0 Å². The minimum absolute atomic E-state index is 0.0287. The van der Waals surface area contributed by atoms with E-state index < -0.39 is 10.0 Å². The second kappa shape index (κ2) is 8.01. The second-order valence-corrected chi connectivity index (χ2v) is 7.68. The molecule has 1 aromatic rings. The van der Waals surface area contributed by atoms with Gasteiger partial charge in [-0.15, -0.1) is 11.6 Å². The predicted octanol–water partition coefficient (Wildman–Crippen LogP) is 3.41. The predicted molar refractivity (Wildman–Crippen MR) is 85.6 cm³/mol. The number of sulfonamides is 1. The summed E-state index contributed by atoms with van der Waals surface area (Å²) in [5, 5.41) is 0. The van der Waals surface area contributed by atoms with E-state index in [1.807, 2.05) is 45.0 Å². The van der Waals surface area contributed by atoms with Gasteiger partial charge in [0.1, 0.15) is 0 Å². The Balaban J connectivity index is 2.85. The van der Waals surface area contributed by atoms with Crippen molar-refractivity contribution in [3.63, 3.8) is 0 Å². The van der Waals surface area contributed by atoms with Crippen LogP contribution in [-0.2, 0) is 16.6 Å². The van der Waals surface area contributed by atoms with Crippen molar-refractivity contribution >= 4 is 21.6 Å². The fourth-order valence-corrected chi connectivity index (χ4v) is 4.07. The molecule has 1 atom stereocenters. The molecular formula is C15H24ClNO2S. The van der Waals surface area contributed by atoms with Gasteiger partial charge in [0.15, 0.2) is 0 Å². The number of alkyl halides is 1. The third-order valence-corrected chi connectivity index (χ3v) is 5.72. The highest BCUT2D eigenvalue weighted by molar-refractivity contribution is 7.89. The molecule has 5 heteroatoms. The minimum atomic E-state index is -3.26. The van der Waals surface area contributed by atoms with Crippen LogP contribution < -0.4 is 0 Å². The molecule has 0 fully saturated rings. The highest BCUT2D eigenvalue weighted by atomic mass is 35.5. The van der Waals surface area contributed by atoms with Crippen LogP contribution in [0, 0.1) is 12.8 Å². The van der Waals surface area contributed by atoms with Gasteiger partial charge >= 0.3 is 0 Å². The monoisotopic (exact) mass is 317 g/mol. The zero-order chi connectivity index (χ0) is 15.2.